The number of hydrogen-bond acceptors (Lipinski definition) is 6. The van der Waals surface area contributed by atoms with Crippen molar-refractivity contribution in [1.82, 2.24) is 10.3 Å². The summed E-state index contributed by atoms with van der Waals surface area (Å²) >= 11 is 0. The number of nitrogens with zero attached hydrogens (tertiary/aromatic N) is 2. The number of nitro groups is 1. The van der Waals surface area contributed by atoms with E-state index in [4.69, 9.17) is 5.11 Å². The highest BCUT2D eigenvalue weighted by atomic mass is 16.6. The lowest BCUT2D eigenvalue weighted by molar-refractivity contribution is -0.385. The smallest absolute Gasteiger partial charge is 0.342 e. The van der Waals surface area contributed by atoms with Gasteiger partial charge in [-0.3, -0.25) is 14.9 Å². The third kappa shape index (κ3) is 3.88. The van der Waals surface area contributed by atoms with Crippen LogP contribution in [-0.4, -0.2) is 40.0 Å². The molecule has 1 amide bonds. The van der Waals surface area contributed by atoms with Crippen LogP contribution in [0.4, 0.5) is 11.5 Å². The fourth-order valence-corrected chi connectivity index (χ4v) is 1.73. The van der Waals surface area contributed by atoms with Crippen LogP contribution in [0.15, 0.2) is 12.3 Å². The molecule has 112 valence electrons. The van der Waals surface area contributed by atoms with Crippen molar-refractivity contribution in [3.8, 4) is 0 Å². The molecule has 1 fully saturated rings. The number of aromatic carboxylic acids is 1. The second-order valence-electron chi connectivity index (χ2n) is 4.64. The van der Waals surface area contributed by atoms with Crippen LogP contribution in [0.25, 0.3) is 0 Å². The fourth-order valence-electron chi connectivity index (χ4n) is 1.73. The molecule has 0 aliphatic heterocycles. The quantitative estimate of drug-likeness (QED) is 0.381. The minimum Gasteiger partial charge on any atom is -0.477 e. The third-order valence-electron chi connectivity index (χ3n) is 2.99. The van der Waals surface area contributed by atoms with Gasteiger partial charge in [0.1, 0.15) is 17.6 Å². The van der Waals surface area contributed by atoms with Crippen LogP contribution < -0.4 is 10.6 Å². The summed E-state index contributed by atoms with van der Waals surface area (Å²) in [7, 11) is 0. The summed E-state index contributed by atoms with van der Waals surface area (Å²) in [6.45, 7) is 0.721. The molecule has 0 spiro atoms. The monoisotopic (exact) mass is 294 g/mol. The Hall–Kier alpha value is -2.71. The second-order valence-corrected chi connectivity index (χ2v) is 4.64. The lowest BCUT2D eigenvalue weighted by atomic mass is 10.2. The Bertz CT molecular complexity index is 585. The number of carboxylic acid groups (broad SMARTS) is 1. The van der Waals surface area contributed by atoms with E-state index >= 15 is 0 Å². The molecule has 0 aromatic carbocycles. The SMILES string of the molecule is O=C(O)c1cc(NCCNC(=O)C2CC2)ncc1[N+](=O)[O-]. The highest BCUT2D eigenvalue weighted by Crippen LogP contribution is 2.28. The van der Waals surface area contributed by atoms with Gasteiger partial charge in [0, 0.05) is 25.1 Å². The largest absolute Gasteiger partial charge is 0.477 e. The number of carbonyl (C=O) groups is 2. The Morgan fingerprint density at radius 3 is 2.71 bits per heavy atom. The molecule has 1 aliphatic carbocycles. The van der Waals surface area contributed by atoms with Crippen LogP contribution in [0.1, 0.15) is 23.2 Å². The van der Waals surface area contributed by atoms with Gasteiger partial charge in [-0.15, -0.1) is 0 Å². The molecule has 0 radical (unpaired) electrons. The van der Waals surface area contributed by atoms with Gasteiger partial charge in [-0.1, -0.05) is 0 Å². The molecule has 0 bridgehead atoms. The van der Waals surface area contributed by atoms with Gasteiger partial charge in [0.15, 0.2) is 0 Å². The van der Waals surface area contributed by atoms with Gasteiger partial charge >= 0.3 is 11.7 Å². The van der Waals surface area contributed by atoms with Crippen LogP contribution in [0, 0.1) is 16.0 Å². The van der Waals surface area contributed by atoms with Crippen LogP contribution in [0.3, 0.4) is 0 Å². The van der Waals surface area contributed by atoms with Gasteiger partial charge in [-0.05, 0) is 12.8 Å². The zero-order valence-electron chi connectivity index (χ0n) is 11.0. The van der Waals surface area contributed by atoms with E-state index in [1.165, 1.54) is 0 Å². The molecule has 9 heteroatoms. The number of anilines is 1. The molecule has 1 aliphatic rings. The van der Waals surface area contributed by atoms with Crippen molar-refractivity contribution in [2.75, 3.05) is 18.4 Å². The first kappa shape index (κ1) is 14.7. The Kier molecular flexibility index (Phi) is 4.31. The minimum atomic E-state index is -1.39. The lowest BCUT2D eigenvalue weighted by Crippen LogP contribution is -2.30. The van der Waals surface area contributed by atoms with Crippen molar-refractivity contribution in [2.24, 2.45) is 5.92 Å². The van der Waals surface area contributed by atoms with E-state index in [1.807, 2.05) is 0 Å². The summed E-state index contributed by atoms with van der Waals surface area (Å²) in [5.74, 6) is -1.05. The summed E-state index contributed by atoms with van der Waals surface area (Å²) in [6, 6.07) is 1.10. The maximum absolute atomic E-state index is 11.4. The van der Waals surface area contributed by atoms with Crippen molar-refractivity contribution >= 4 is 23.4 Å². The summed E-state index contributed by atoms with van der Waals surface area (Å²) in [4.78, 5) is 36.0. The summed E-state index contributed by atoms with van der Waals surface area (Å²) < 4.78 is 0. The van der Waals surface area contributed by atoms with Gasteiger partial charge in [-0.2, -0.15) is 0 Å². The zero-order chi connectivity index (χ0) is 15.4. The highest BCUT2D eigenvalue weighted by Gasteiger charge is 2.29. The zero-order valence-corrected chi connectivity index (χ0v) is 11.0. The average molecular weight is 294 g/mol. The van der Waals surface area contributed by atoms with E-state index in [0.717, 1.165) is 25.1 Å². The molecule has 1 aromatic heterocycles. The average Bonchev–Trinajstić information content (AvgIpc) is 3.27. The minimum absolute atomic E-state index is 0.0136. The Balaban J connectivity index is 1.90. The van der Waals surface area contributed by atoms with Gasteiger partial charge in [-0.25, -0.2) is 9.78 Å². The molecule has 2 rings (SSSR count). The Morgan fingerprint density at radius 1 is 1.43 bits per heavy atom. The van der Waals surface area contributed by atoms with Crippen molar-refractivity contribution in [1.29, 1.82) is 0 Å². The first-order chi connectivity index (χ1) is 9.99. The molecule has 0 saturated heterocycles. The number of aromatic nitrogens is 1. The Morgan fingerprint density at radius 2 is 2.14 bits per heavy atom. The van der Waals surface area contributed by atoms with E-state index in [-0.39, 0.29) is 17.6 Å². The first-order valence-electron chi connectivity index (χ1n) is 6.38. The maximum Gasteiger partial charge on any atom is 0.342 e. The lowest BCUT2D eigenvalue weighted by Gasteiger charge is -2.07. The summed E-state index contributed by atoms with van der Waals surface area (Å²) in [5, 5.41) is 25.1. The van der Waals surface area contributed by atoms with Gasteiger partial charge in [0.25, 0.3) is 0 Å². The molecule has 0 atom stereocenters. The van der Waals surface area contributed by atoms with E-state index in [9.17, 15) is 19.7 Å². The predicted octanol–water partition coefficient (Wildman–Crippen LogP) is 0.626. The topological polar surface area (TPSA) is 134 Å². The molecule has 21 heavy (non-hydrogen) atoms. The molecule has 3 N–H and O–H groups in total. The Labute approximate surface area is 119 Å². The fraction of sp³-hybridized carbons (Fsp3) is 0.417. The van der Waals surface area contributed by atoms with E-state index in [0.29, 0.717) is 13.1 Å². The van der Waals surface area contributed by atoms with Crippen molar-refractivity contribution < 1.29 is 19.6 Å². The number of carboxylic acids is 1. The second kappa shape index (κ2) is 6.16. The summed E-state index contributed by atoms with van der Waals surface area (Å²) in [5.41, 5.74) is -0.991. The van der Waals surface area contributed by atoms with Crippen molar-refractivity contribution in [3.63, 3.8) is 0 Å². The van der Waals surface area contributed by atoms with Crippen molar-refractivity contribution in [3.05, 3.63) is 27.9 Å². The van der Waals surface area contributed by atoms with Crippen LogP contribution >= 0.6 is 0 Å². The normalized spacial score (nSPS) is 13.5. The molecular weight excluding hydrogens is 280 g/mol. The van der Waals surface area contributed by atoms with Gasteiger partial charge < -0.3 is 15.7 Å². The molecule has 1 saturated carbocycles. The number of hydrogen-bond donors (Lipinski definition) is 3. The number of pyridine rings is 1. The first-order valence-corrected chi connectivity index (χ1v) is 6.38. The molecule has 1 heterocycles. The maximum atomic E-state index is 11.4. The van der Waals surface area contributed by atoms with E-state index < -0.39 is 22.1 Å². The highest BCUT2D eigenvalue weighted by molar-refractivity contribution is 5.93. The van der Waals surface area contributed by atoms with Gasteiger partial charge in [0.05, 0.1) is 4.92 Å². The predicted molar refractivity (Wildman–Crippen MR) is 72.1 cm³/mol. The number of nitrogens with one attached hydrogen (secondary N) is 2. The van der Waals surface area contributed by atoms with E-state index in [2.05, 4.69) is 15.6 Å². The van der Waals surface area contributed by atoms with Crippen LogP contribution in [-0.2, 0) is 4.79 Å². The molecule has 0 unspecified atom stereocenters. The van der Waals surface area contributed by atoms with E-state index in [1.54, 1.807) is 0 Å². The third-order valence-corrected chi connectivity index (χ3v) is 2.99. The molecule has 9 nitrogen and oxygen atoms in total. The standard InChI is InChI=1S/C12H14N4O5/c17-11(7-1-2-7)14-4-3-13-10-5-8(12(18)19)9(6-15-10)16(20)21/h5-7H,1-4H2,(H,13,15)(H,14,17)(H,18,19). The van der Waals surface area contributed by atoms with Crippen LogP contribution in [0.2, 0.25) is 0 Å². The number of rotatable bonds is 7. The molecule has 1 aromatic rings. The number of carbonyl (C=O) groups excluding carboxylic acids is 1. The van der Waals surface area contributed by atoms with Gasteiger partial charge in [0.2, 0.25) is 5.91 Å². The van der Waals surface area contributed by atoms with Crippen LogP contribution in [0.5, 0.6) is 0 Å². The number of amides is 1. The summed E-state index contributed by atoms with van der Waals surface area (Å²) in [6.07, 6.45) is 2.74. The molecular formula is C12H14N4O5. The van der Waals surface area contributed by atoms with Crippen molar-refractivity contribution in [2.45, 2.75) is 12.8 Å².